The number of ether oxygens (including phenoxy) is 1. The van der Waals surface area contributed by atoms with Crippen molar-refractivity contribution in [1.29, 1.82) is 0 Å². The molecular formula is C31H43N3O5. The van der Waals surface area contributed by atoms with Crippen LogP contribution in [0.3, 0.4) is 0 Å². The first-order valence-corrected chi connectivity index (χ1v) is 14.1. The van der Waals surface area contributed by atoms with E-state index >= 15 is 0 Å². The number of hydrogen-bond acceptors (Lipinski definition) is 5. The molecule has 1 N–H and O–H groups in total. The third kappa shape index (κ3) is 5.05. The van der Waals surface area contributed by atoms with Crippen molar-refractivity contribution >= 4 is 17.7 Å². The number of amides is 3. The van der Waals surface area contributed by atoms with E-state index in [2.05, 4.69) is 13.2 Å². The van der Waals surface area contributed by atoms with E-state index in [0.717, 1.165) is 5.56 Å². The number of carbonyl (C=O) groups is 3. The second-order valence-electron chi connectivity index (χ2n) is 11.6. The number of carbonyl (C=O) groups excluding carboxylic acids is 3. The second kappa shape index (κ2) is 11.6. The lowest BCUT2D eigenvalue weighted by atomic mass is 9.66. The van der Waals surface area contributed by atoms with Crippen LogP contribution in [0.15, 0.2) is 55.6 Å². The normalized spacial score (nSPS) is 29.0. The molecule has 1 aromatic carbocycles. The van der Waals surface area contributed by atoms with Gasteiger partial charge in [0, 0.05) is 38.8 Å². The molecule has 0 saturated carbocycles. The SMILES string of the molecule is C=CCN(Cc1ccccc1)C(=O)[C@H]1[C@H]2C(=O)N(CCCCO)C(C(=O)N(CC=C)C(C)C)C23CC[C@]1(C)O3. The smallest absolute Gasteiger partial charge is 0.248 e. The Morgan fingerprint density at radius 1 is 1.13 bits per heavy atom. The summed E-state index contributed by atoms with van der Waals surface area (Å²) in [6, 6.07) is 8.84. The fourth-order valence-corrected chi connectivity index (χ4v) is 6.96. The Kier molecular flexibility index (Phi) is 8.66. The summed E-state index contributed by atoms with van der Waals surface area (Å²) in [5.74, 6) is -1.96. The largest absolute Gasteiger partial charge is 0.396 e. The predicted octanol–water partition coefficient (Wildman–Crippen LogP) is 3.16. The first kappa shape index (κ1) is 29.0. The van der Waals surface area contributed by atoms with Gasteiger partial charge in [0.1, 0.15) is 11.6 Å². The number of aliphatic hydroxyl groups is 1. The van der Waals surface area contributed by atoms with Crippen LogP contribution in [0, 0.1) is 11.8 Å². The highest BCUT2D eigenvalue weighted by molar-refractivity contribution is 5.99. The molecule has 3 fully saturated rings. The molecule has 212 valence electrons. The number of aliphatic hydroxyl groups excluding tert-OH is 1. The summed E-state index contributed by atoms with van der Waals surface area (Å²) in [4.78, 5) is 47.8. The van der Waals surface area contributed by atoms with Gasteiger partial charge in [0.15, 0.2) is 0 Å². The molecule has 1 aromatic rings. The fraction of sp³-hybridized carbons (Fsp3) is 0.581. The van der Waals surface area contributed by atoms with Gasteiger partial charge >= 0.3 is 0 Å². The molecule has 2 bridgehead atoms. The molecule has 8 heteroatoms. The third-order valence-corrected chi connectivity index (χ3v) is 8.69. The average Bonchev–Trinajstić information content (AvgIpc) is 3.47. The fourth-order valence-electron chi connectivity index (χ4n) is 6.96. The van der Waals surface area contributed by atoms with Crippen LogP contribution in [0.25, 0.3) is 0 Å². The molecule has 3 aliphatic heterocycles. The number of rotatable bonds is 13. The maximum absolute atomic E-state index is 14.3. The molecule has 0 aromatic heterocycles. The highest BCUT2D eigenvalue weighted by Crippen LogP contribution is 2.63. The number of benzene rings is 1. The molecule has 3 amide bonds. The Balaban J connectivity index is 1.74. The Hall–Kier alpha value is -2.97. The first-order chi connectivity index (χ1) is 18.6. The standard InChI is InChI=1S/C31H43N3O5/c1-6-17-32(21-23-13-9-8-10-14-23)27(36)24-25-28(37)34(19-11-12-20-35)26(29(38)33(18-7-2)22(3)4)31(25)16-15-30(24,5)39-31/h6-10,13-14,22,24-26,35H,1-2,11-12,15-21H2,3-5H3/t24-,25+,26?,30+,31?/m1/s1. The molecule has 8 nitrogen and oxygen atoms in total. The lowest BCUT2D eigenvalue weighted by Gasteiger charge is -2.38. The van der Waals surface area contributed by atoms with E-state index in [1.165, 1.54) is 0 Å². The van der Waals surface area contributed by atoms with Crippen LogP contribution < -0.4 is 0 Å². The molecule has 0 aliphatic carbocycles. The molecule has 3 heterocycles. The minimum atomic E-state index is -1.07. The van der Waals surface area contributed by atoms with E-state index < -0.39 is 29.1 Å². The van der Waals surface area contributed by atoms with Crippen molar-refractivity contribution in [2.75, 3.05) is 26.2 Å². The lowest BCUT2D eigenvalue weighted by Crippen LogP contribution is -2.57. The summed E-state index contributed by atoms with van der Waals surface area (Å²) >= 11 is 0. The molecule has 3 saturated heterocycles. The van der Waals surface area contributed by atoms with Crippen molar-refractivity contribution < 1.29 is 24.2 Å². The summed E-state index contributed by atoms with van der Waals surface area (Å²) < 4.78 is 6.77. The Bertz CT molecular complexity index is 1090. The minimum Gasteiger partial charge on any atom is -0.396 e. The molecule has 0 radical (unpaired) electrons. The van der Waals surface area contributed by atoms with Gasteiger partial charge in [0.2, 0.25) is 17.7 Å². The maximum Gasteiger partial charge on any atom is 0.248 e. The first-order valence-electron chi connectivity index (χ1n) is 14.1. The van der Waals surface area contributed by atoms with Crippen LogP contribution in [0.5, 0.6) is 0 Å². The van der Waals surface area contributed by atoms with Gasteiger partial charge in [0.05, 0.1) is 17.4 Å². The minimum absolute atomic E-state index is 0.00940. The Morgan fingerprint density at radius 3 is 2.44 bits per heavy atom. The summed E-state index contributed by atoms with van der Waals surface area (Å²) in [5, 5.41) is 9.39. The summed E-state index contributed by atoms with van der Waals surface area (Å²) in [5.41, 5.74) is -0.918. The maximum atomic E-state index is 14.3. The van der Waals surface area contributed by atoms with Gasteiger partial charge in [-0.3, -0.25) is 14.4 Å². The van der Waals surface area contributed by atoms with Gasteiger partial charge in [-0.25, -0.2) is 0 Å². The number of likely N-dealkylation sites (tertiary alicyclic amines) is 1. The topological polar surface area (TPSA) is 90.4 Å². The number of nitrogens with zero attached hydrogens (tertiary/aromatic N) is 3. The highest BCUT2D eigenvalue weighted by atomic mass is 16.5. The zero-order chi connectivity index (χ0) is 28.4. The van der Waals surface area contributed by atoms with Gasteiger partial charge < -0.3 is 24.5 Å². The highest BCUT2D eigenvalue weighted by Gasteiger charge is 2.78. The van der Waals surface area contributed by atoms with Gasteiger partial charge in [-0.15, -0.1) is 13.2 Å². The van der Waals surface area contributed by atoms with E-state index in [-0.39, 0.29) is 30.4 Å². The zero-order valence-corrected chi connectivity index (χ0v) is 23.6. The van der Waals surface area contributed by atoms with Crippen LogP contribution in [-0.4, -0.2) is 87.1 Å². The molecule has 1 spiro atoms. The van der Waals surface area contributed by atoms with Crippen molar-refractivity contribution in [2.24, 2.45) is 11.8 Å². The monoisotopic (exact) mass is 537 g/mol. The third-order valence-electron chi connectivity index (χ3n) is 8.69. The van der Waals surface area contributed by atoms with Gasteiger partial charge in [-0.05, 0) is 52.0 Å². The van der Waals surface area contributed by atoms with Crippen LogP contribution >= 0.6 is 0 Å². The van der Waals surface area contributed by atoms with Gasteiger partial charge in [-0.1, -0.05) is 42.5 Å². The van der Waals surface area contributed by atoms with Gasteiger partial charge in [0.25, 0.3) is 0 Å². The van der Waals surface area contributed by atoms with E-state index in [4.69, 9.17) is 4.74 Å². The molecule has 5 atom stereocenters. The second-order valence-corrected chi connectivity index (χ2v) is 11.6. The van der Waals surface area contributed by atoms with Gasteiger partial charge in [-0.2, -0.15) is 0 Å². The van der Waals surface area contributed by atoms with E-state index in [0.29, 0.717) is 51.9 Å². The summed E-state index contributed by atoms with van der Waals surface area (Å²) in [7, 11) is 0. The number of fused-ring (bicyclic) bond motifs is 1. The molecule has 4 rings (SSSR count). The predicted molar refractivity (Wildman–Crippen MR) is 149 cm³/mol. The van der Waals surface area contributed by atoms with Crippen LogP contribution in [0.1, 0.15) is 52.0 Å². The van der Waals surface area contributed by atoms with Crippen molar-refractivity contribution in [3.63, 3.8) is 0 Å². The van der Waals surface area contributed by atoms with Crippen LogP contribution in [0.2, 0.25) is 0 Å². The van der Waals surface area contributed by atoms with E-state index in [1.807, 2.05) is 51.1 Å². The van der Waals surface area contributed by atoms with Crippen molar-refractivity contribution in [2.45, 2.75) is 76.3 Å². The van der Waals surface area contributed by atoms with Crippen LogP contribution in [0.4, 0.5) is 0 Å². The number of unbranched alkanes of at least 4 members (excludes halogenated alkanes) is 1. The quantitative estimate of drug-likeness (QED) is 0.308. The molecule has 39 heavy (non-hydrogen) atoms. The molecular weight excluding hydrogens is 494 g/mol. The van der Waals surface area contributed by atoms with Crippen molar-refractivity contribution in [3.05, 3.63) is 61.2 Å². The van der Waals surface area contributed by atoms with Crippen LogP contribution in [-0.2, 0) is 25.7 Å². The Morgan fingerprint density at radius 2 is 1.82 bits per heavy atom. The van der Waals surface area contributed by atoms with E-state index in [9.17, 15) is 19.5 Å². The lowest BCUT2D eigenvalue weighted by molar-refractivity contribution is -0.154. The number of hydrogen-bond donors (Lipinski definition) is 1. The van der Waals surface area contributed by atoms with E-state index in [1.54, 1.807) is 26.9 Å². The zero-order valence-electron chi connectivity index (χ0n) is 23.6. The summed E-state index contributed by atoms with van der Waals surface area (Å²) in [6.07, 6.45) is 5.61. The molecule has 3 aliphatic rings. The summed E-state index contributed by atoms with van der Waals surface area (Å²) in [6.45, 7) is 14.9. The Labute approximate surface area is 232 Å². The average molecular weight is 538 g/mol. The molecule has 2 unspecified atom stereocenters. The van der Waals surface area contributed by atoms with Crippen molar-refractivity contribution in [3.8, 4) is 0 Å². The van der Waals surface area contributed by atoms with Crippen molar-refractivity contribution in [1.82, 2.24) is 14.7 Å².